The Bertz CT molecular complexity index is 1130. The number of ether oxygens (including phenoxy) is 1. The number of hydrogen-bond donors (Lipinski definition) is 1. The van der Waals surface area contributed by atoms with E-state index in [-0.39, 0.29) is 0 Å². The smallest absolute Gasteiger partial charge is 0.146 e. The number of benzene rings is 2. The van der Waals surface area contributed by atoms with Crippen LogP contribution in [-0.2, 0) is 6.54 Å². The zero-order chi connectivity index (χ0) is 20.3. The van der Waals surface area contributed by atoms with Crippen LogP contribution in [0, 0.1) is 0 Å². The first-order valence-electron chi connectivity index (χ1n) is 10.6. The Morgan fingerprint density at radius 2 is 1.77 bits per heavy atom. The van der Waals surface area contributed by atoms with Gasteiger partial charge in [-0.2, -0.15) is 0 Å². The highest BCUT2D eigenvalue weighted by atomic mass is 16.5. The standard InChI is InChI=1S/C25H26N4O/c1-30-21-13-11-19(12-14-21)23-15-22-24(26-16-18-7-3-2-4-8-18)27-17-28-25(22)29(23)20-9-5-6-10-20/h2-4,7-8,11-15,17,20H,5-6,9-10,16H2,1H3,(H,26,27,28). The predicted molar refractivity (Wildman–Crippen MR) is 121 cm³/mol. The monoisotopic (exact) mass is 398 g/mol. The summed E-state index contributed by atoms with van der Waals surface area (Å²) in [7, 11) is 1.70. The van der Waals surface area contributed by atoms with Crippen LogP contribution in [0.25, 0.3) is 22.3 Å². The molecule has 5 rings (SSSR count). The van der Waals surface area contributed by atoms with E-state index in [0.29, 0.717) is 6.04 Å². The van der Waals surface area contributed by atoms with Crippen molar-refractivity contribution in [1.29, 1.82) is 0 Å². The lowest BCUT2D eigenvalue weighted by Crippen LogP contribution is -2.08. The first-order valence-corrected chi connectivity index (χ1v) is 10.6. The average molecular weight is 399 g/mol. The van der Waals surface area contributed by atoms with Gasteiger partial charge in [0.25, 0.3) is 0 Å². The van der Waals surface area contributed by atoms with Gasteiger partial charge in [-0.1, -0.05) is 43.2 Å². The topological polar surface area (TPSA) is 52.0 Å². The number of nitrogens with one attached hydrogen (secondary N) is 1. The summed E-state index contributed by atoms with van der Waals surface area (Å²) in [5, 5.41) is 4.60. The minimum atomic E-state index is 0.483. The Kier molecular flexibility index (Phi) is 5.10. The van der Waals surface area contributed by atoms with E-state index in [1.165, 1.54) is 42.5 Å². The van der Waals surface area contributed by atoms with E-state index in [1.54, 1.807) is 13.4 Å². The molecule has 0 atom stereocenters. The fraction of sp³-hybridized carbons (Fsp3) is 0.280. The van der Waals surface area contributed by atoms with E-state index in [2.05, 4.69) is 57.3 Å². The summed E-state index contributed by atoms with van der Waals surface area (Å²) in [4.78, 5) is 9.28. The molecule has 0 aliphatic heterocycles. The molecule has 1 N–H and O–H groups in total. The number of methoxy groups -OCH3 is 1. The molecule has 0 bridgehead atoms. The maximum Gasteiger partial charge on any atom is 0.146 e. The van der Waals surface area contributed by atoms with E-state index in [0.717, 1.165) is 29.1 Å². The van der Waals surface area contributed by atoms with Crippen molar-refractivity contribution in [2.45, 2.75) is 38.3 Å². The van der Waals surface area contributed by atoms with Crippen molar-refractivity contribution in [2.24, 2.45) is 0 Å². The van der Waals surface area contributed by atoms with Crippen LogP contribution >= 0.6 is 0 Å². The van der Waals surface area contributed by atoms with Gasteiger partial charge >= 0.3 is 0 Å². The number of fused-ring (bicyclic) bond motifs is 1. The zero-order valence-corrected chi connectivity index (χ0v) is 17.2. The molecule has 2 aromatic carbocycles. The van der Waals surface area contributed by atoms with Crippen molar-refractivity contribution in [3.05, 3.63) is 72.6 Å². The van der Waals surface area contributed by atoms with Crippen molar-refractivity contribution in [3.63, 3.8) is 0 Å². The Labute approximate surface area is 176 Å². The maximum atomic E-state index is 5.35. The zero-order valence-electron chi connectivity index (χ0n) is 17.2. The summed E-state index contributed by atoms with van der Waals surface area (Å²) in [6.45, 7) is 0.736. The van der Waals surface area contributed by atoms with Crippen LogP contribution in [-0.4, -0.2) is 21.6 Å². The number of aromatic nitrogens is 3. The molecule has 1 saturated carbocycles. The second-order valence-corrected chi connectivity index (χ2v) is 7.87. The summed E-state index contributed by atoms with van der Waals surface area (Å²) in [5.74, 6) is 1.75. The van der Waals surface area contributed by atoms with E-state index < -0.39 is 0 Å². The van der Waals surface area contributed by atoms with E-state index in [1.807, 2.05) is 18.2 Å². The van der Waals surface area contributed by atoms with Gasteiger partial charge in [0.05, 0.1) is 18.2 Å². The molecule has 2 heterocycles. The van der Waals surface area contributed by atoms with Crippen LogP contribution in [0.4, 0.5) is 5.82 Å². The van der Waals surface area contributed by atoms with Gasteiger partial charge in [0.15, 0.2) is 0 Å². The Morgan fingerprint density at radius 3 is 2.50 bits per heavy atom. The van der Waals surface area contributed by atoms with Gasteiger partial charge in [0.1, 0.15) is 23.5 Å². The highest BCUT2D eigenvalue weighted by Gasteiger charge is 2.24. The summed E-state index contributed by atoms with van der Waals surface area (Å²) in [6, 6.07) is 21.4. The van der Waals surface area contributed by atoms with Gasteiger partial charge in [-0.3, -0.25) is 0 Å². The Balaban J connectivity index is 1.58. The summed E-state index contributed by atoms with van der Waals surface area (Å²) in [5.41, 5.74) is 4.62. The van der Waals surface area contributed by atoms with Gasteiger partial charge in [-0.15, -0.1) is 0 Å². The summed E-state index contributed by atoms with van der Waals surface area (Å²) in [6.07, 6.45) is 6.62. The second-order valence-electron chi connectivity index (χ2n) is 7.87. The number of nitrogens with zero attached hydrogens (tertiary/aromatic N) is 3. The van der Waals surface area contributed by atoms with Gasteiger partial charge in [0, 0.05) is 12.6 Å². The Hall–Kier alpha value is -3.34. The predicted octanol–water partition coefficient (Wildman–Crippen LogP) is 5.83. The maximum absolute atomic E-state index is 5.35. The molecule has 4 aromatic rings. The fourth-order valence-corrected chi connectivity index (χ4v) is 4.47. The Morgan fingerprint density at radius 1 is 1.00 bits per heavy atom. The third kappa shape index (κ3) is 3.52. The average Bonchev–Trinajstić information content (AvgIpc) is 3.46. The highest BCUT2D eigenvalue weighted by molar-refractivity contribution is 5.92. The van der Waals surface area contributed by atoms with Crippen molar-refractivity contribution in [3.8, 4) is 17.0 Å². The molecule has 0 unspecified atom stereocenters. The van der Waals surface area contributed by atoms with Crippen LogP contribution in [0.1, 0.15) is 37.3 Å². The quantitative estimate of drug-likeness (QED) is 0.444. The van der Waals surface area contributed by atoms with E-state index in [9.17, 15) is 0 Å². The number of rotatable bonds is 6. The van der Waals surface area contributed by atoms with Crippen LogP contribution in [0.15, 0.2) is 67.0 Å². The molecule has 30 heavy (non-hydrogen) atoms. The molecule has 0 spiro atoms. The summed E-state index contributed by atoms with van der Waals surface area (Å²) < 4.78 is 7.78. The summed E-state index contributed by atoms with van der Waals surface area (Å²) >= 11 is 0. The van der Waals surface area contributed by atoms with E-state index in [4.69, 9.17) is 9.72 Å². The molecular weight excluding hydrogens is 372 g/mol. The SMILES string of the molecule is COc1ccc(-c2cc3c(NCc4ccccc4)ncnc3n2C2CCCC2)cc1. The van der Waals surface area contributed by atoms with Crippen molar-refractivity contribution in [1.82, 2.24) is 14.5 Å². The molecule has 152 valence electrons. The van der Waals surface area contributed by atoms with Gasteiger partial charge in [-0.25, -0.2) is 9.97 Å². The van der Waals surface area contributed by atoms with Crippen LogP contribution in [0.5, 0.6) is 5.75 Å². The molecule has 2 aromatic heterocycles. The van der Waals surface area contributed by atoms with Crippen LogP contribution < -0.4 is 10.1 Å². The van der Waals surface area contributed by atoms with Crippen molar-refractivity contribution < 1.29 is 4.74 Å². The molecular formula is C25H26N4O. The number of hydrogen-bond acceptors (Lipinski definition) is 4. The van der Waals surface area contributed by atoms with Gasteiger partial charge in [0.2, 0.25) is 0 Å². The lowest BCUT2D eigenvalue weighted by molar-refractivity contribution is 0.415. The molecule has 1 aliphatic carbocycles. The van der Waals surface area contributed by atoms with E-state index >= 15 is 0 Å². The molecule has 1 fully saturated rings. The van der Waals surface area contributed by atoms with Crippen molar-refractivity contribution in [2.75, 3.05) is 12.4 Å². The molecule has 1 aliphatic rings. The number of anilines is 1. The third-order valence-corrected chi connectivity index (χ3v) is 6.01. The van der Waals surface area contributed by atoms with Crippen molar-refractivity contribution >= 4 is 16.9 Å². The normalized spacial score (nSPS) is 14.3. The third-order valence-electron chi connectivity index (χ3n) is 6.01. The molecule has 0 radical (unpaired) electrons. The molecule has 5 heteroatoms. The van der Waals surface area contributed by atoms with Gasteiger partial charge < -0.3 is 14.6 Å². The minimum Gasteiger partial charge on any atom is -0.497 e. The minimum absolute atomic E-state index is 0.483. The van der Waals surface area contributed by atoms with Crippen LogP contribution in [0.3, 0.4) is 0 Å². The van der Waals surface area contributed by atoms with Gasteiger partial charge in [-0.05, 0) is 54.3 Å². The fourth-order valence-electron chi connectivity index (χ4n) is 4.47. The first-order chi connectivity index (χ1) is 14.8. The molecule has 0 saturated heterocycles. The lowest BCUT2D eigenvalue weighted by atomic mass is 10.1. The van der Waals surface area contributed by atoms with Crippen LogP contribution in [0.2, 0.25) is 0 Å². The lowest BCUT2D eigenvalue weighted by Gasteiger charge is -2.17. The molecule has 0 amide bonds. The second kappa shape index (κ2) is 8.19. The molecule has 5 nitrogen and oxygen atoms in total. The highest BCUT2D eigenvalue weighted by Crippen LogP contribution is 2.39. The largest absolute Gasteiger partial charge is 0.497 e. The first kappa shape index (κ1) is 18.7.